The van der Waals surface area contributed by atoms with Crippen molar-refractivity contribution in [1.29, 1.82) is 0 Å². The highest BCUT2D eigenvalue weighted by molar-refractivity contribution is 7.91. The van der Waals surface area contributed by atoms with Crippen LogP contribution in [0.25, 0.3) is 0 Å². The monoisotopic (exact) mass is 282 g/mol. The van der Waals surface area contributed by atoms with Gasteiger partial charge in [-0.15, -0.1) is 0 Å². The van der Waals surface area contributed by atoms with Crippen LogP contribution in [0.3, 0.4) is 0 Å². The average Bonchev–Trinajstić information content (AvgIpc) is 2.38. The van der Waals surface area contributed by atoms with E-state index in [-0.39, 0.29) is 17.5 Å². The molecule has 104 valence electrons. The maximum absolute atomic E-state index is 11.3. The maximum atomic E-state index is 11.3. The quantitative estimate of drug-likeness (QED) is 0.839. The van der Waals surface area contributed by atoms with E-state index in [1.165, 1.54) is 0 Å². The second kappa shape index (κ2) is 5.71. The molecule has 0 aliphatic carbocycles. The van der Waals surface area contributed by atoms with E-state index in [1.807, 2.05) is 12.1 Å². The van der Waals surface area contributed by atoms with Crippen molar-refractivity contribution < 1.29 is 13.2 Å². The number of hydrogen-bond donors (Lipinski definition) is 2. The third-order valence-corrected chi connectivity index (χ3v) is 5.13. The van der Waals surface area contributed by atoms with Gasteiger partial charge in [-0.3, -0.25) is 4.79 Å². The summed E-state index contributed by atoms with van der Waals surface area (Å²) in [4.78, 5) is 11.3. The number of nitrogens with one attached hydrogen (secondary N) is 1. The van der Waals surface area contributed by atoms with E-state index in [2.05, 4.69) is 5.32 Å². The number of nitrogens with two attached hydrogens (primary N) is 1. The van der Waals surface area contributed by atoms with E-state index < -0.39 is 15.7 Å². The van der Waals surface area contributed by atoms with Crippen LogP contribution in [0.15, 0.2) is 24.3 Å². The van der Waals surface area contributed by atoms with Gasteiger partial charge >= 0.3 is 0 Å². The SMILES string of the molecule is NC(=O)c1ccccc1CNC1CCS(=O)(=O)CC1. The van der Waals surface area contributed by atoms with Crippen LogP contribution in [0.4, 0.5) is 0 Å². The minimum atomic E-state index is -2.83. The lowest BCUT2D eigenvalue weighted by Gasteiger charge is -2.23. The van der Waals surface area contributed by atoms with Crippen LogP contribution < -0.4 is 11.1 Å². The van der Waals surface area contributed by atoms with Crippen molar-refractivity contribution in [3.63, 3.8) is 0 Å². The number of carbonyl (C=O) groups excluding carboxylic acids is 1. The Morgan fingerprint density at radius 3 is 2.53 bits per heavy atom. The molecule has 3 N–H and O–H groups in total. The van der Waals surface area contributed by atoms with Crippen LogP contribution in [-0.2, 0) is 16.4 Å². The fourth-order valence-corrected chi connectivity index (χ4v) is 3.75. The minimum Gasteiger partial charge on any atom is -0.366 e. The van der Waals surface area contributed by atoms with Crippen molar-refractivity contribution >= 4 is 15.7 Å². The maximum Gasteiger partial charge on any atom is 0.249 e. The summed E-state index contributed by atoms with van der Waals surface area (Å²) in [5.74, 6) is 0.0354. The first-order chi connectivity index (χ1) is 8.98. The summed E-state index contributed by atoms with van der Waals surface area (Å²) in [6.07, 6.45) is 1.25. The fraction of sp³-hybridized carbons (Fsp3) is 0.462. The Kier molecular flexibility index (Phi) is 4.21. The summed E-state index contributed by atoms with van der Waals surface area (Å²) in [7, 11) is -2.83. The number of amides is 1. The van der Waals surface area contributed by atoms with E-state index in [0.29, 0.717) is 24.9 Å². The topological polar surface area (TPSA) is 89.3 Å². The van der Waals surface area contributed by atoms with Gasteiger partial charge in [0, 0.05) is 18.2 Å². The van der Waals surface area contributed by atoms with Gasteiger partial charge in [0.2, 0.25) is 5.91 Å². The highest BCUT2D eigenvalue weighted by Gasteiger charge is 2.23. The molecule has 1 heterocycles. The summed E-state index contributed by atoms with van der Waals surface area (Å²) in [5, 5.41) is 3.30. The number of hydrogen-bond acceptors (Lipinski definition) is 4. The van der Waals surface area contributed by atoms with Gasteiger partial charge < -0.3 is 11.1 Å². The fourth-order valence-electron chi connectivity index (χ4n) is 2.26. The van der Waals surface area contributed by atoms with Crippen LogP contribution in [-0.4, -0.2) is 31.9 Å². The molecular formula is C13H18N2O3S. The zero-order valence-corrected chi connectivity index (χ0v) is 11.4. The second-order valence-corrected chi connectivity index (χ2v) is 7.13. The Balaban J connectivity index is 1.95. The van der Waals surface area contributed by atoms with Gasteiger partial charge in [0.05, 0.1) is 11.5 Å². The van der Waals surface area contributed by atoms with Gasteiger partial charge in [-0.05, 0) is 24.5 Å². The zero-order chi connectivity index (χ0) is 13.9. The summed E-state index contributed by atoms with van der Waals surface area (Å²) in [5.41, 5.74) is 6.68. The molecule has 1 aliphatic rings. The normalized spacial score (nSPS) is 19.2. The van der Waals surface area contributed by atoms with E-state index in [1.54, 1.807) is 12.1 Å². The molecule has 0 atom stereocenters. The molecule has 0 unspecified atom stereocenters. The number of carbonyl (C=O) groups is 1. The van der Waals surface area contributed by atoms with Crippen molar-refractivity contribution in [2.45, 2.75) is 25.4 Å². The highest BCUT2D eigenvalue weighted by atomic mass is 32.2. The van der Waals surface area contributed by atoms with Gasteiger partial charge in [0.1, 0.15) is 9.84 Å². The molecule has 1 amide bonds. The molecular weight excluding hydrogens is 264 g/mol. The summed E-state index contributed by atoms with van der Waals surface area (Å²) in [6.45, 7) is 0.532. The van der Waals surface area contributed by atoms with Crippen molar-refractivity contribution in [3.8, 4) is 0 Å². The first-order valence-electron chi connectivity index (χ1n) is 6.29. The van der Waals surface area contributed by atoms with Crippen molar-refractivity contribution in [3.05, 3.63) is 35.4 Å². The Morgan fingerprint density at radius 2 is 1.89 bits per heavy atom. The van der Waals surface area contributed by atoms with E-state index in [9.17, 15) is 13.2 Å². The van der Waals surface area contributed by atoms with E-state index >= 15 is 0 Å². The molecule has 2 rings (SSSR count). The van der Waals surface area contributed by atoms with Crippen LogP contribution >= 0.6 is 0 Å². The minimum absolute atomic E-state index is 0.185. The Morgan fingerprint density at radius 1 is 1.26 bits per heavy atom. The molecule has 0 bridgehead atoms. The first kappa shape index (κ1) is 14.0. The van der Waals surface area contributed by atoms with Crippen LogP contribution in [0, 0.1) is 0 Å². The van der Waals surface area contributed by atoms with Crippen LogP contribution in [0.5, 0.6) is 0 Å². The predicted molar refractivity (Wildman–Crippen MR) is 73.5 cm³/mol. The van der Waals surface area contributed by atoms with Gasteiger partial charge in [-0.1, -0.05) is 18.2 Å². The lowest BCUT2D eigenvalue weighted by atomic mass is 10.1. The summed E-state index contributed by atoms with van der Waals surface area (Å²) < 4.78 is 22.6. The molecule has 6 heteroatoms. The van der Waals surface area contributed by atoms with E-state index in [0.717, 1.165) is 5.56 Å². The third-order valence-electron chi connectivity index (χ3n) is 3.42. The van der Waals surface area contributed by atoms with Crippen molar-refractivity contribution in [2.75, 3.05) is 11.5 Å². The molecule has 1 aliphatic heterocycles. The van der Waals surface area contributed by atoms with Gasteiger partial charge in [-0.25, -0.2) is 8.42 Å². The molecule has 0 saturated carbocycles. The standard InChI is InChI=1S/C13H18N2O3S/c14-13(16)12-4-2-1-3-10(12)9-15-11-5-7-19(17,18)8-6-11/h1-4,11,15H,5-9H2,(H2,14,16). The molecule has 0 aromatic heterocycles. The number of rotatable bonds is 4. The molecule has 1 aromatic carbocycles. The molecule has 1 fully saturated rings. The average molecular weight is 282 g/mol. The van der Waals surface area contributed by atoms with Gasteiger partial charge in [-0.2, -0.15) is 0 Å². The predicted octanol–water partition coefficient (Wildman–Crippen LogP) is 0.452. The molecule has 19 heavy (non-hydrogen) atoms. The van der Waals surface area contributed by atoms with Crippen molar-refractivity contribution in [2.24, 2.45) is 5.73 Å². The molecule has 1 saturated heterocycles. The lowest BCUT2D eigenvalue weighted by molar-refractivity contribution is 0.0999. The summed E-state index contributed by atoms with van der Waals surface area (Å²) in [6, 6.07) is 7.37. The van der Waals surface area contributed by atoms with Gasteiger partial charge in [0.25, 0.3) is 0 Å². The molecule has 1 aromatic rings. The number of sulfone groups is 1. The number of primary amides is 1. The molecule has 5 nitrogen and oxygen atoms in total. The summed E-state index contributed by atoms with van der Waals surface area (Å²) >= 11 is 0. The number of benzene rings is 1. The Labute approximate surface area is 113 Å². The second-order valence-electron chi connectivity index (χ2n) is 4.83. The largest absolute Gasteiger partial charge is 0.366 e. The van der Waals surface area contributed by atoms with Crippen molar-refractivity contribution in [1.82, 2.24) is 5.32 Å². The Bertz CT molecular complexity index is 555. The third kappa shape index (κ3) is 3.78. The van der Waals surface area contributed by atoms with Crippen LogP contribution in [0.2, 0.25) is 0 Å². The van der Waals surface area contributed by atoms with Crippen LogP contribution in [0.1, 0.15) is 28.8 Å². The highest BCUT2D eigenvalue weighted by Crippen LogP contribution is 2.14. The smallest absolute Gasteiger partial charge is 0.249 e. The lowest BCUT2D eigenvalue weighted by Crippen LogP contribution is -2.37. The van der Waals surface area contributed by atoms with Gasteiger partial charge in [0.15, 0.2) is 0 Å². The molecule has 0 spiro atoms. The van der Waals surface area contributed by atoms with E-state index in [4.69, 9.17) is 5.73 Å². The molecule has 0 radical (unpaired) electrons. The Hall–Kier alpha value is -1.40. The first-order valence-corrected chi connectivity index (χ1v) is 8.11. The zero-order valence-electron chi connectivity index (χ0n) is 10.6.